The minimum atomic E-state index is -1.96. The lowest BCUT2D eigenvalue weighted by Crippen LogP contribution is -2.27. The van der Waals surface area contributed by atoms with Crippen LogP contribution in [0.15, 0.2) is 48.5 Å². The number of fused-ring (bicyclic) bond motifs is 1. The van der Waals surface area contributed by atoms with Crippen LogP contribution in [-0.4, -0.2) is 50.9 Å². The predicted octanol–water partition coefficient (Wildman–Crippen LogP) is 2.90. The highest BCUT2D eigenvalue weighted by atomic mass is 16.6. The topological polar surface area (TPSA) is 87.3 Å². The number of nitrogens with zero attached hydrogens (tertiary/aromatic N) is 3. The number of aliphatic carboxylic acids is 1. The lowest BCUT2D eigenvalue weighted by atomic mass is 10.1. The molecule has 0 spiro atoms. The molecule has 28 heavy (non-hydrogen) atoms. The van der Waals surface area contributed by atoms with Crippen molar-refractivity contribution in [1.29, 1.82) is 0 Å². The van der Waals surface area contributed by atoms with Crippen LogP contribution in [0.2, 0.25) is 0 Å². The largest absolute Gasteiger partial charge is 0.477 e. The first-order valence-corrected chi connectivity index (χ1v) is 8.78. The average Bonchev–Trinajstić information content (AvgIpc) is 2.99. The molecule has 3 rings (SSSR count). The highest BCUT2D eigenvalue weighted by Crippen LogP contribution is 2.28. The first-order chi connectivity index (χ1) is 13.3. The van der Waals surface area contributed by atoms with E-state index in [0.717, 1.165) is 33.7 Å². The van der Waals surface area contributed by atoms with Crippen molar-refractivity contribution in [3.8, 4) is 11.3 Å². The number of carboxylic acid groups (broad SMARTS) is 1. The van der Waals surface area contributed by atoms with Crippen molar-refractivity contribution in [2.24, 2.45) is 0 Å². The Bertz CT molecular complexity index is 1040. The molecule has 1 atom stereocenters. The average molecular weight is 381 g/mol. The van der Waals surface area contributed by atoms with Gasteiger partial charge in [-0.3, -0.25) is 4.40 Å². The van der Waals surface area contributed by atoms with Gasteiger partial charge in [-0.25, -0.2) is 9.78 Å². The molecular weight excluding hydrogens is 358 g/mol. The van der Waals surface area contributed by atoms with Crippen molar-refractivity contribution >= 4 is 17.7 Å². The van der Waals surface area contributed by atoms with Gasteiger partial charge < -0.3 is 19.8 Å². The maximum absolute atomic E-state index is 11.0. The van der Waals surface area contributed by atoms with Crippen molar-refractivity contribution in [2.45, 2.75) is 20.1 Å². The molecule has 7 heteroatoms. The number of aryl methyl sites for hydroxylation is 2. The van der Waals surface area contributed by atoms with Gasteiger partial charge in [0.1, 0.15) is 5.65 Å². The molecule has 0 radical (unpaired) electrons. The van der Waals surface area contributed by atoms with Crippen LogP contribution in [0, 0.1) is 13.8 Å². The van der Waals surface area contributed by atoms with Crippen molar-refractivity contribution in [1.82, 2.24) is 14.3 Å². The summed E-state index contributed by atoms with van der Waals surface area (Å²) in [5, 5.41) is 18.6. The highest BCUT2D eigenvalue weighted by Gasteiger charge is 2.20. The van der Waals surface area contributed by atoms with Crippen LogP contribution >= 0.6 is 0 Å². The fraction of sp³-hybridized carbons (Fsp3) is 0.238. The second kappa shape index (κ2) is 7.74. The molecule has 0 aliphatic rings. The number of hydrogen-bond donors (Lipinski definition) is 2. The van der Waals surface area contributed by atoms with Gasteiger partial charge in [-0.15, -0.1) is 0 Å². The van der Waals surface area contributed by atoms with E-state index in [-0.39, 0.29) is 5.88 Å². The Hall–Kier alpha value is -3.32. The molecule has 0 saturated carbocycles. The third-order valence-corrected chi connectivity index (χ3v) is 4.27. The summed E-state index contributed by atoms with van der Waals surface area (Å²) in [6.45, 7) is 4.00. The number of pyridine rings is 1. The summed E-state index contributed by atoms with van der Waals surface area (Å²) in [4.78, 5) is 17.3. The van der Waals surface area contributed by atoms with Gasteiger partial charge in [0.15, 0.2) is 5.88 Å². The summed E-state index contributed by atoms with van der Waals surface area (Å²) in [7, 11) is 3.42. The Morgan fingerprint density at radius 3 is 2.39 bits per heavy atom. The van der Waals surface area contributed by atoms with Crippen LogP contribution in [0.5, 0.6) is 0 Å². The number of imidazole rings is 1. The highest BCUT2D eigenvalue weighted by molar-refractivity contribution is 5.75. The van der Waals surface area contributed by atoms with Gasteiger partial charge >= 0.3 is 5.97 Å². The first-order valence-electron chi connectivity index (χ1n) is 8.78. The molecule has 2 aromatic heterocycles. The number of aromatic nitrogens is 2. The fourth-order valence-corrected chi connectivity index (χ4v) is 2.78. The number of hydrogen-bond acceptors (Lipinski definition) is 5. The quantitative estimate of drug-likeness (QED) is 0.504. The number of rotatable bonds is 6. The lowest BCUT2D eigenvalue weighted by Gasteiger charge is -2.19. The van der Waals surface area contributed by atoms with E-state index in [1.165, 1.54) is 0 Å². The zero-order chi connectivity index (χ0) is 20.4. The van der Waals surface area contributed by atoms with Crippen molar-refractivity contribution in [2.75, 3.05) is 14.1 Å². The second-order valence-corrected chi connectivity index (χ2v) is 6.83. The molecule has 1 aromatic carbocycles. The number of benzene rings is 1. The second-order valence-electron chi connectivity index (χ2n) is 6.83. The Balaban J connectivity index is 2.21. The Morgan fingerprint density at radius 2 is 1.79 bits per heavy atom. The minimum Gasteiger partial charge on any atom is -0.477 e. The normalized spacial score (nSPS) is 12.8. The lowest BCUT2D eigenvalue weighted by molar-refractivity contribution is -0.172. The number of aliphatic hydroxyl groups excluding tert-OH is 1. The maximum atomic E-state index is 11.0. The molecular formula is C21H23N3O4. The molecule has 0 aliphatic carbocycles. The molecule has 0 fully saturated rings. The van der Waals surface area contributed by atoms with E-state index in [9.17, 15) is 9.90 Å². The molecule has 0 amide bonds. The summed E-state index contributed by atoms with van der Waals surface area (Å²) in [6.07, 6.45) is 1.67. The molecule has 146 valence electrons. The predicted molar refractivity (Wildman–Crippen MR) is 106 cm³/mol. The molecule has 0 aliphatic heterocycles. The van der Waals surface area contributed by atoms with Gasteiger partial charge in [-0.2, -0.15) is 0 Å². The Morgan fingerprint density at radius 1 is 1.14 bits per heavy atom. The van der Waals surface area contributed by atoms with E-state index in [1.807, 2.05) is 60.8 Å². The van der Waals surface area contributed by atoms with E-state index in [2.05, 4.69) is 0 Å². The number of aliphatic hydroxyl groups is 1. The summed E-state index contributed by atoms with van der Waals surface area (Å²) in [6, 6.07) is 11.9. The van der Waals surface area contributed by atoms with Crippen molar-refractivity contribution in [3.63, 3.8) is 0 Å². The van der Waals surface area contributed by atoms with Crippen LogP contribution in [0.1, 0.15) is 16.8 Å². The van der Waals surface area contributed by atoms with Crippen molar-refractivity contribution in [3.05, 3.63) is 65.3 Å². The summed E-state index contributed by atoms with van der Waals surface area (Å²) < 4.78 is 7.16. The van der Waals surface area contributed by atoms with E-state index >= 15 is 0 Å². The van der Waals surface area contributed by atoms with E-state index in [1.54, 1.807) is 25.1 Å². The van der Waals surface area contributed by atoms with Crippen LogP contribution < -0.4 is 0 Å². The van der Waals surface area contributed by atoms with E-state index in [0.29, 0.717) is 0 Å². The molecule has 0 saturated heterocycles. The van der Waals surface area contributed by atoms with Gasteiger partial charge in [-0.1, -0.05) is 35.9 Å². The van der Waals surface area contributed by atoms with Crippen LogP contribution in [-0.2, 0) is 9.53 Å². The SMILES string of the molecule is Cc1ccc(-c2nc3ccc(C)cn3c2C=C(OC(O)C(=O)O)N(C)C)cc1. The summed E-state index contributed by atoms with van der Waals surface area (Å²) in [5.74, 6) is -1.26. The number of carboxylic acids is 1. The monoisotopic (exact) mass is 381 g/mol. The molecule has 1 unspecified atom stereocenters. The maximum Gasteiger partial charge on any atom is 0.373 e. The van der Waals surface area contributed by atoms with E-state index in [4.69, 9.17) is 14.8 Å². The Kier molecular flexibility index (Phi) is 5.37. The van der Waals surface area contributed by atoms with Crippen LogP contribution in [0.4, 0.5) is 0 Å². The molecule has 3 aromatic rings. The number of ether oxygens (including phenoxy) is 1. The third-order valence-electron chi connectivity index (χ3n) is 4.27. The van der Waals surface area contributed by atoms with E-state index < -0.39 is 12.3 Å². The molecule has 2 heterocycles. The van der Waals surface area contributed by atoms with Gasteiger partial charge in [0, 0.05) is 31.9 Å². The van der Waals surface area contributed by atoms with Gasteiger partial charge in [-0.05, 0) is 25.5 Å². The molecule has 2 N–H and O–H groups in total. The fourth-order valence-electron chi connectivity index (χ4n) is 2.78. The molecule has 0 bridgehead atoms. The van der Waals surface area contributed by atoms with Gasteiger partial charge in [0.05, 0.1) is 11.4 Å². The zero-order valence-electron chi connectivity index (χ0n) is 16.2. The smallest absolute Gasteiger partial charge is 0.373 e. The minimum absolute atomic E-state index is 0.201. The summed E-state index contributed by atoms with van der Waals surface area (Å²) in [5.41, 5.74) is 5.33. The third kappa shape index (κ3) is 3.99. The Labute approximate surface area is 163 Å². The number of carbonyl (C=O) groups is 1. The van der Waals surface area contributed by atoms with Crippen molar-refractivity contribution < 1.29 is 19.7 Å². The summed E-state index contributed by atoms with van der Waals surface area (Å²) >= 11 is 0. The van der Waals surface area contributed by atoms with Crippen LogP contribution in [0.25, 0.3) is 23.0 Å². The van der Waals surface area contributed by atoms with Crippen LogP contribution in [0.3, 0.4) is 0 Å². The zero-order valence-corrected chi connectivity index (χ0v) is 16.2. The molecule has 7 nitrogen and oxygen atoms in total. The van der Waals surface area contributed by atoms with Gasteiger partial charge in [0.2, 0.25) is 0 Å². The standard InChI is InChI=1S/C21H23N3O4/c1-13-5-8-15(9-6-13)19-16(24-12-14(2)7-10-17(24)22-19)11-18(23(3)4)28-21(27)20(25)26/h5-12,21,27H,1-4H3,(H,25,26). The van der Waals surface area contributed by atoms with Gasteiger partial charge in [0.25, 0.3) is 6.29 Å². The first kappa shape index (κ1) is 19.4.